The van der Waals surface area contributed by atoms with Crippen LogP contribution in [0, 0.1) is 0 Å². The fourth-order valence-corrected chi connectivity index (χ4v) is 2.89. The van der Waals surface area contributed by atoms with Gasteiger partial charge in [0.05, 0.1) is 5.69 Å². The van der Waals surface area contributed by atoms with Gasteiger partial charge in [0.1, 0.15) is 5.65 Å². The zero-order valence-electron chi connectivity index (χ0n) is 13.8. The second-order valence-electron chi connectivity index (χ2n) is 5.74. The number of hydrogen-bond donors (Lipinski definition) is 1. The lowest BCUT2D eigenvalue weighted by atomic mass is 10.2. The van der Waals surface area contributed by atoms with Crippen molar-refractivity contribution in [3.05, 3.63) is 30.1 Å². The van der Waals surface area contributed by atoms with Crippen molar-refractivity contribution in [1.82, 2.24) is 19.6 Å². The van der Waals surface area contributed by atoms with E-state index in [2.05, 4.69) is 65.8 Å². The Labute approximate surface area is 127 Å². The second kappa shape index (κ2) is 6.91. The molecule has 2 aromatic rings. The first-order valence-electron chi connectivity index (χ1n) is 7.60. The molecule has 0 fully saturated rings. The maximum atomic E-state index is 4.86. The highest BCUT2D eigenvalue weighted by atomic mass is 15.3. The molecule has 116 valence electrons. The van der Waals surface area contributed by atoms with Gasteiger partial charge in [0.2, 0.25) is 0 Å². The number of likely N-dealkylation sites (N-methyl/N-ethyl adjacent to an activating group) is 2. The van der Waals surface area contributed by atoms with Crippen LogP contribution in [0.2, 0.25) is 0 Å². The van der Waals surface area contributed by atoms with Crippen molar-refractivity contribution in [2.24, 2.45) is 0 Å². The van der Waals surface area contributed by atoms with Crippen LogP contribution in [0.1, 0.15) is 19.5 Å². The minimum Gasteiger partial charge on any atom is -0.351 e. The lowest BCUT2D eigenvalue weighted by Crippen LogP contribution is -2.41. The molecule has 0 bridgehead atoms. The first-order valence-corrected chi connectivity index (χ1v) is 7.60. The number of nitrogens with one attached hydrogen (secondary N) is 1. The van der Waals surface area contributed by atoms with Gasteiger partial charge in [0.15, 0.2) is 5.82 Å². The molecule has 0 aliphatic heterocycles. The average Bonchev–Trinajstić information content (AvgIpc) is 2.78. The monoisotopic (exact) mass is 289 g/mol. The molecule has 1 atom stereocenters. The van der Waals surface area contributed by atoms with E-state index in [1.54, 1.807) is 0 Å². The summed E-state index contributed by atoms with van der Waals surface area (Å²) in [6, 6.07) is 6.57. The summed E-state index contributed by atoms with van der Waals surface area (Å²) in [5.74, 6) is 1.09. The SMILES string of the molecule is CCN(c1nc2ccccn2c1CNC)C(C)CN(C)C. The van der Waals surface area contributed by atoms with Crippen LogP contribution in [-0.2, 0) is 6.54 Å². The Morgan fingerprint density at radius 2 is 2.10 bits per heavy atom. The average molecular weight is 289 g/mol. The van der Waals surface area contributed by atoms with Crippen molar-refractivity contribution in [3.63, 3.8) is 0 Å². The van der Waals surface area contributed by atoms with E-state index in [0.717, 1.165) is 31.1 Å². The Kier molecular flexibility index (Phi) is 5.20. The fraction of sp³-hybridized carbons (Fsp3) is 0.562. The van der Waals surface area contributed by atoms with Gasteiger partial charge in [-0.2, -0.15) is 0 Å². The first-order chi connectivity index (χ1) is 10.1. The standard InChI is InChI=1S/C16H27N5/c1-6-20(13(2)12-19(4)5)16-14(11-17-3)21-10-8-7-9-15(21)18-16/h7-10,13,17H,6,11-12H2,1-5H3. The Bertz CT molecular complexity index is 575. The summed E-state index contributed by atoms with van der Waals surface area (Å²) < 4.78 is 2.18. The number of nitrogens with zero attached hydrogens (tertiary/aromatic N) is 4. The number of fused-ring (bicyclic) bond motifs is 1. The molecule has 0 saturated heterocycles. The molecular formula is C16H27N5. The van der Waals surface area contributed by atoms with Gasteiger partial charge in [-0.1, -0.05) is 6.07 Å². The van der Waals surface area contributed by atoms with Crippen molar-refractivity contribution in [2.75, 3.05) is 39.1 Å². The molecule has 21 heavy (non-hydrogen) atoms. The molecule has 2 aromatic heterocycles. The molecule has 1 unspecified atom stereocenters. The summed E-state index contributed by atoms with van der Waals surface area (Å²) in [5.41, 5.74) is 2.23. The van der Waals surface area contributed by atoms with E-state index in [0.29, 0.717) is 6.04 Å². The Balaban J connectivity index is 2.44. The number of imidazole rings is 1. The fourth-order valence-electron chi connectivity index (χ4n) is 2.89. The van der Waals surface area contributed by atoms with Crippen molar-refractivity contribution < 1.29 is 0 Å². The lowest BCUT2D eigenvalue weighted by Gasteiger charge is -2.31. The molecule has 5 heteroatoms. The van der Waals surface area contributed by atoms with Gasteiger partial charge in [-0.25, -0.2) is 4.98 Å². The summed E-state index contributed by atoms with van der Waals surface area (Å²) in [4.78, 5) is 9.47. The summed E-state index contributed by atoms with van der Waals surface area (Å²) >= 11 is 0. The molecule has 5 nitrogen and oxygen atoms in total. The number of pyridine rings is 1. The number of aromatic nitrogens is 2. The molecule has 0 spiro atoms. The molecule has 0 aliphatic rings. The summed E-state index contributed by atoms with van der Waals surface area (Å²) in [7, 11) is 6.21. The zero-order valence-corrected chi connectivity index (χ0v) is 13.8. The van der Waals surface area contributed by atoms with Crippen LogP contribution in [0.15, 0.2) is 24.4 Å². The first kappa shape index (κ1) is 15.8. The van der Waals surface area contributed by atoms with Crippen LogP contribution in [0.25, 0.3) is 5.65 Å². The molecule has 2 rings (SSSR count). The molecule has 0 radical (unpaired) electrons. The van der Waals surface area contributed by atoms with Crippen LogP contribution >= 0.6 is 0 Å². The van der Waals surface area contributed by atoms with E-state index in [1.165, 1.54) is 5.69 Å². The maximum absolute atomic E-state index is 4.86. The third kappa shape index (κ3) is 3.36. The van der Waals surface area contributed by atoms with Gasteiger partial charge in [0, 0.05) is 31.9 Å². The summed E-state index contributed by atoms with van der Waals surface area (Å²) in [6.45, 7) is 7.23. The Hall–Kier alpha value is -1.59. The van der Waals surface area contributed by atoms with E-state index in [1.807, 2.05) is 13.1 Å². The van der Waals surface area contributed by atoms with Crippen LogP contribution < -0.4 is 10.2 Å². The van der Waals surface area contributed by atoms with Crippen LogP contribution in [0.3, 0.4) is 0 Å². The van der Waals surface area contributed by atoms with Crippen LogP contribution in [0.4, 0.5) is 5.82 Å². The quantitative estimate of drug-likeness (QED) is 0.843. The van der Waals surface area contributed by atoms with E-state index < -0.39 is 0 Å². The van der Waals surface area contributed by atoms with Crippen LogP contribution in [0.5, 0.6) is 0 Å². The highest BCUT2D eigenvalue weighted by molar-refractivity contribution is 5.56. The minimum atomic E-state index is 0.422. The van der Waals surface area contributed by atoms with E-state index in [4.69, 9.17) is 4.98 Å². The lowest BCUT2D eigenvalue weighted by molar-refractivity contribution is 0.372. The van der Waals surface area contributed by atoms with Crippen molar-refractivity contribution >= 4 is 11.5 Å². The van der Waals surface area contributed by atoms with Crippen LogP contribution in [-0.4, -0.2) is 54.6 Å². The third-order valence-electron chi connectivity index (χ3n) is 3.73. The molecule has 0 amide bonds. The molecule has 2 heterocycles. The topological polar surface area (TPSA) is 35.8 Å². The number of anilines is 1. The van der Waals surface area contributed by atoms with Crippen molar-refractivity contribution in [2.45, 2.75) is 26.4 Å². The predicted octanol–water partition coefficient (Wildman–Crippen LogP) is 1.83. The van der Waals surface area contributed by atoms with Gasteiger partial charge in [0.25, 0.3) is 0 Å². The molecule has 0 aliphatic carbocycles. The minimum absolute atomic E-state index is 0.422. The maximum Gasteiger partial charge on any atom is 0.152 e. The largest absolute Gasteiger partial charge is 0.351 e. The third-order valence-corrected chi connectivity index (χ3v) is 3.73. The highest BCUT2D eigenvalue weighted by Crippen LogP contribution is 2.23. The molecular weight excluding hydrogens is 262 g/mol. The normalized spacial score (nSPS) is 13.0. The van der Waals surface area contributed by atoms with Crippen molar-refractivity contribution in [3.8, 4) is 0 Å². The van der Waals surface area contributed by atoms with Crippen molar-refractivity contribution in [1.29, 1.82) is 0 Å². The molecule has 0 saturated carbocycles. The van der Waals surface area contributed by atoms with Gasteiger partial charge in [-0.15, -0.1) is 0 Å². The van der Waals surface area contributed by atoms with E-state index >= 15 is 0 Å². The summed E-state index contributed by atoms with van der Waals surface area (Å²) in [6.07, 6.45) is 2.09. The van der Waals surface area contributed by atoms with E-state index in [9.17, 15) is 0 Å². The van der Waals surface area contributed by atoms with Gasteiger partial charge < -0.3 is 19.5 Å². The van der Waals surface area contributed by atoms with E-state index in [-0.39, 0.29) is 0 Å². The number of hydrogen-bond acceptors (Lipinski definition) is 4. The smallest absolute Gasteiger partial charge is 0.152 e. The second-order valence-corrected chi connectivity index (χ2v) is 5.74. The van der Waals surface area contributed by atoms with Gasteiger partial charge >= 0.3 is 0 Å². The molecule has 0 aromatic carbocycles. The predicted molar refractivity (Wildman–Crippen MR) is 89.0 cm³/mol. The Morgan fingerprint density at radius 3 is 2.71 bits per heavy atom. The van der Waals surface area contributed by atoms with Gasteiger partial charge in [-0.05, 0) is 47.1 Å². The zero-order chi connectivity index (χ0) is 15.4. The van der Waals surface area contributed by atoms with Gasteiger partial charge in [-0.3, -0.25) is 0 Å². The summed E-state index contributed by atoms with van der Waals surface area (Å²) in [5, 5.41) is 3.26. The Morgan fingerprint density at radius 1 is 1.33 bits per heavy atom. The number of rotatable bonds is 7. The molecule has 1 N–H and O–H groups in total. The highest BCUT2D eigenvalue weighted by Gasteiger charge is 2.21.